The van der Waals surface area contributed by atoms with Gasteiger partial charge in [-0.15, -0.1) is 0 Å². The van der Waals surface area contributed by atoms with Gasteiger partial charge < -0.3 is 4.57 Å². The van der Waals surface area contributed by atoms with Gasteiger partial charge in [0, 0.05) is 20.6 Å². The average Bonchev–Trinajstić information content (AvgIpc) is 3.01. The minimum absolute atomic E-state index is 0.215. The van der Waals surface area contributed by atoms with E-state index in [-0.39, 0.29) is 11.3 Å². The molecule has 4 rings (SSSR count). The number of para-hydroxylation sites is 1. The van der Waals surface area contributed by atoms with Crippen molar-refractivity contribution < 1.29 is 18.8 Å². The van der Waals surface area contributed by atoms with E-state index in [0.29, 0.717) is 10.5 Å². The zero-order valence-corrected chi connectivity index (χ0v) is 19.7. The largest absolute Gasteiger partial charge is 0.336 e. The molecular weight excluding hydrogens is 524 g/mol. The molecule has 0 atom stereocenters. The van der Waals surface area contributed by atoms with Crippen molar-refractivity contribution in [1.82, 2.24) is 9.88 Å². The Morgan fingerprint density at radius 3 is 2.41 bits per heavy atom. The Kier molecular flexibility index (Phi) is 5.72. The maximum absolute atomic E-state index is 14.3. The van der Waals surface area contributed by atoms with Gasteiger partial charge in [0.05, 0.1) is 5.69 Å². The van der Waals surface area contributed by atoms with E-state index in [2.05, 4.69) is 34.0 Å². The van der Waals surface area contributed by atoms with Crippen LogP contribution in [0.5, 0.6) is 0 Å². The van der Waals surface area contributed by atoms with Gasteiger partial charge >= 0.3 is 6.03 Å². The molecule has 0 unspecified atom stereocenters. The van der Waals surface area contributed by atoms with Gasteiger partial charge in [0.2, 0.25) is 0 Å². The molecule has 3 aromatic rings. The molecule has 0 bridgehead atoms. The molecule has 8 heteroatoms. The summed E-state index contributed by atoms with van der Waals surface area (Å²) in [7, 11) is 0. The van der Waals surface area contributed by atoms with Crippen LogP contribution < -0.4 is 10.2 Å². The fourth-order valence-corrected chi connectivity index (χ4v) is 4.10. The molecular formula is C24H19FIN3O3. The van der Waals surface area contributed by atoms with Crippen molar-refractivity contribution in [2.45, 2.75) is 20.8 Å². The van der Waals surface area contributed by atoms with Crippen LogP contribution in [0.2, 0.25) is 0 Å². The van der Waals surface area contributed by atoms with Crippen molar-refractivity contribution in [3.63, 3.8) is 0 Å². The maximum Gasteiger partial charge on any atom is 0.336 e. The molecule has 4 amide bonds. The van der Waals surface area contributed by atoms with Crippen LogP contribution in [0.15, 0.2) is 54.1 Å². The van der Waals surface area contributed by atoms with Crippen LogP contribution in [0.1, 0.15) is 22.5 Å². The number of amides is 4. The van der Waals surface area contributed by atoms with Gasteiger partial charge in [0.15, 0.2) is 0 Å². The number of rotatable bonds is 3. The first-order valence-electron chi connectivity index (χ1n) is 9.80. The number of imide groups is 2. The van der Waals surface area contributed by atoms with E-state index in [0.717, 1.165) is 32.3 Å². The summed E-state index contributed by atoms with van der Waals surface area (Å²) >= 11 is 2.27. The highest BCUT2D eigenvalue weighted by Gasteiger charge is 2.38. The first kappa shape index (κ1) is 21.9. The lowest BCUT2D eigenvalue weighted by Gasteiger charge is -2.26. The molecule has 0 radical (unpaired) electrons. The predicted octanol–water partition coefficient (Wildman–Crippen LogP) is 4.81. The van der Waals surface area contributed by atoms with Crippen LogP contribution in [-0.2, 0) is 9.59 Å². The van der Waals surface area contributed by atoms with E-state index in [4.69, 9.17) is 0 Å². The SMILES string of the molecule is Cc1cc(-n2c(C)cc(/C=C3\C(=O)NC(=O)N(c4ccccc4F)C3=O)c2C)ccc1I. The van der Waals surface area contributed by atoms with E-state index >= 15 is 0 Å². The van der Waals surface area contributed by atoms with Gasteiger partial charge in [-0.3, -0.25) is 14.9 Å². The topological polar surface area (TPSA) is 71.4 Å². The van der Waals surface area contributed by atoms with E-state index in [1.165, 1.54) is 24.3 Å². The number of aryl methyl sites for hydroxylation is 2. The monoisotopic (exact) mass is 543 g/mol. The number of nitrogens with one attached hydrogen (secondary N) is 1. The van der Waals surface area contributed by atoms with Crippen LogP contribution in [0.3, 0.4) is 0 Å². The zero-order chi connectivity index (χ0) is 23.2. The highest BCUT2D eigenvalue weighted by atomic mass is 127. The number of anilines is 1. The Bertz CT molecular complexity index is 1330. The van der Waals surface area contributed by atoms with Crippen molar-refractivity contribution in [3.8, 4) is 5.69 Å². The van der Waals surface area contributed by atoms with E-state index in [1.807, 2.05) is 43.5 Å². The standard InChI is InChI=1S/C24H19FIN3O3/c1-13-10-17(8-9-20(13)26)28-14(2)11-16(15(28)3)12-18-22(30)27-24(32)29(23(18)31)21-7-5-4-6-19(21)25/h4-12H,1-3H3,(H,27,30,32)/b18-12+. The Balaban J connectivity index is 1.78. The fourth-order valence-electron chi connectivity index (χ4n) is 3.76. The Morgan fingerprint density at radius 1 is 1.00 bits per heavy atom. The molecule has 1 fully saturated rings. The smallest absolute Gasteiger partial charge is 0.318 e. The second-order valence-corrected chi connectivity index (χ2v) is 8.67. The van der Waals surface area contributed by atoms with Crippen molar-refractivity contribution in [2.75, 3.05) is 4.90 Å². The number of nitrogens with zero attached hydrogens (tertiary/aromatic N) is 2. The third-order valence-corrected chi connectivity index (χ3v) is 6.58. The van der Waals surface area contributed by atoms with Gasteiger partial charge in [-0.05, 0) is 97.0 Å². The van der Waals surface area contributed by atoms with Crippen molar-refractivity contribution in [1.29, 1.82) is 0 Å². The summed E-state index contributed by atoms with van der Waals surface area (Å²) in [6, 6.07) is 12.4. The predicted molar refractivity (Wildman–Crippen MR) is 128 cm³/mol. The lowest BCUT2D eigenvalue weighted by atomic mass is 10.1. The molecule has 2 heterocycles. The molecule has 32 heavy (non-hydrogen) atoms. The van der Waals surface area contributed by atoms with Crippen molar-refractivity contribution in [3.05, 3.63) is 86.0 Å². The quantitative estimate of drug-likeness (QED) is 0.293. The summed E-state index contributed by atoms with van der Waals surface area (Å²) in [4.78, 5) is 38.5. The van der Waals surface area contributed by atoms with Gasteiger partial charge in [-0.1, -0.05) is 12.1 Å². The number of hydrogen-bond donors (Lipinski definition) is 1. The Morgan fingerprint density at radius 2 is 1.72 bits per heavy atom. The molecule has 1 N–H and O–H groups in total. The second-order valence-electron chi connectivity index (χ2n) is 7.50. The number of barbiturate groups is 1. The first-order chi connectivity index (χ1) is 15.2. The van der Waals surface area contributed by atoms with Crippen molar-refractivity contribution in [2.24, 2.45) is 0 Å². The summed E-state index contributed by atoms with van der Waals surface area (Å²) in [5, 5.41) is 2.13. The number of carbonyl (C=O) groups is 3. The Labute approximate surface area is 197 Å². The second kappa shape index (κ2) is 8.34. The Hall–Kier alpha value is -3.27. The molecule has 6 nitrogen and oxygen atoms in total. The molecule has 0 aliphatic carbocycles. The molecule has 1 aliphatic rings. The number of benzene rings is 2. The van der Waals surface area contributed by atoms with Crippen LogP contribution in [-0.4, -0.2) is 22.4 Å². The molecule has 2 aromatic carbocycles. The van der Waals surface area contributed by atoms with Crippen LogP contribution in [0.25, 0.3) is 11.8 Å². The summed E-state index contributed by atoms with van der Waals surface area (Å²) in [5.41, 5.74) is 4.04. The number of halogens is 2. The molecule has 1 aromatic heterocycles. The van der Waals surface area contributed by atoms with Crippen LogP contribution in [0.4, 0.5) is 14.9 Å². The summed E-state index contributed by atoms with van der Waals surface area (Å²) in [6.45, 7) is 5.85. The van der Waals surface area contributed by atoms with E-state index in [1.54, 1.807) is 0 Å². The highest BCUT2D eigenvalue weighted by molar-refractivity contribution is 14.1. The van der Waals surface area contributed by atoms with Gasteiger partial charge in [-0.2, -0.15) is 0 Å². The fraction of sp³-hybridized carbons (Fsp3) is 0.125. The first-order valence-corrected chi connectivity index (χ1v) is 10.9. The normalized spacial score (nSPS) is 15.5. The summed E-state index contributed by atoms with van der Waals surface area (Å²) in [6.07, 6.45) is 1.44. The molecule has 1 saturated heterocycles. The lowest BCUT2D eigenvalue weighted by Crippen LogP contribution is -2.54. The summed E-state index contributed by atoms with van der Waals surface area (Å²) in [5.74, 6) is -2.43. The van der Waals surface area contributed by atoms with Crippen LogP contribution >= 0.6 is 22.6 Å². The number of carbonyl (C=O) groups excluding carboxylic acids is 3. The third-order valence-electron chi connectivity index (χ3n) is 5.36. The van der Waals surface area contributed by atoms with E-state index < -0.39 is 23.7 Å². The molecule has 0 saturated carbocycles. The summed E-state index contributed by atoms with van der Waals surface area (Å²) < 4.78 is 17.4. The lowest BCUT2D eigenvalue weighted by molar-refractivity contribution is -0.122. The van der Waals surface area contributed by atoms with Gasteiger partial charge in [0.1, 0.15) is 11.4 Å². The zero-order valence-electron chi connectivity index (χ0n) is 17.6. The highest BCUT2D eigenvalue weighted by Crippen LogP contribution is 2.28. The number of hydrogen-bond acceptors (Lipinski definition) is 3. The molecule has 0 spiro atoms. The molecule has 1 aliphatic heterocycles. The van der Waals surface area contributed by atoms with Crippen molar-refractivity contribution >= 4 is 52.2 Å². The number of urea groups is 1. The average molecular weight is 543 g/mol. The third kappa shape index (κ3) is 3.75. The van der Waals surface area contributed by atoms with Crippen LogP contribution in [0, 0.1) is 30.2 Å². The van der Waals surface area contributed by atoms with Gasteiger partial charge in [0.25, 0.3) is 11.8 Å². The number of aromatic nitrogens is 1. The molecule has 162 valence electrons. The maximum atomic E-state index is 14.3. The minimum Gasteiger partial charge on any atom is -0.318 e. The van der Waals surface area contributed by atoms with Gasteiger partial charge in [-0.25, -0.2) is 14.1 Å². The minimum atomic E-state index is -0.984. The van der Waals surface area contributed by atoms with E-state index in [9.17, 15) is 18.8 Å².